The average Bonchev–Trinajstić information content (AvgIpc) is 2.70. The highest BCUT2D eigenvalue weighted by atomic mass is 16.1. The van der Waals surface area contributed by atoms with E-state index in [0.29, 0.717) is 18.1 Å². The van der Waals surface area contributed by atoms with E-state index >= 15 is 0 Å². The maximum absolute atomic E-state index is 12.3. The van der Waals surface area contributed by atoms with Crippen LogP contribution in [0.2, 0.25) is 0 Å². The van der Waals surface area contributed by atoms with Crippen molar-refractivity contribution in [1.29, 1.82) is 0 Å². The first-order valence-electron chi connectivity index (χ1n) is 9.15. The first-order chi connectivity index (χ1) is 13.2. The minimum Gasteiger partial charge on any atom is -0.352 e. The molecule has 0 aliphatic heterocycles. The van der Waals surface area contributed by atoms with Crippen LogP contribution in [0.15, 0.2) is 67.0 Å². The number of carbonyl (C=O) groups is 1. The Balaban J connectivity index is 1.62. The summed E-state index contributed by atoms with van der Waals surface area (Å²) in [6.07, 6.45) is 3.96. The maximum atomic E-state index is 12.3. The van der Waals surface area contributed by atoms with Gasteiger partial charge in [-0.25, -0.2) is 9.97 Å². The number of nitrogens with one attached hydrogen (secondary N) is 1. The molecule has 0 fully saturated rings. The normalized spacial score (nSPS) is 10.4. The van der Waals surface area contributed by atoms with Gasteiger partial charge in [0.1, 0.15) is 0 Å². The molecule has 0 unspecified atom stereocenters. The molecule has 5 nitrogen and oxygen atoms in total. The summed E-state index contributed by atoms with van der Waals surface area (Å²) in [4.78, 5) is 23.1. The molecule has 1 aromatic heterocycles. The Morgan fingerprint density at radius 2 is 1.78 bits per heavy atom. The lowest BCUT2D eigenvalue weighted by Crippen LogP contribution is -2.26. The van der Waals surface area contributed by atoms with Crippen molar-refractivity contribution in [1.82, 2.24) is 15.3 Å². The van der Waals surface area contributed by atoms with Crippen molar-refractivity contribution in [2.45, 2.75) is 20.3 Å². The van der Waals surface area contributed by atoms with Crippen LogP contribution in [0, 0.1) is 6.92 Å². The summed E-state index contributed by atoms with van der Waals surface area (Å²) in [6.45, 7) is 5.43. The lowest BCUT2D eigenvalue weighted by molar-refractivity contribution is 0.0953. The van der Waals surface area contributed by atoms with Gasteiger partial charge in [0.2, 0.25) is 5.95 Å². The van der Waals surface area contributed by atoms with E-state index in [1.165, 1.54) is 11.1 Å². The van der Waals surface area contributed by atoms with Crippen LogP contribution in [-0.4, -0.2) is 29.0 Å². The number of aromatic nitrogens is 2. The van der Waals surface area contributed by atoms with Gasteiger partial charge in [-0.1, -0.05) is 42.5 Å². The van der Waals surface area contributed by atoms with Crippen molar-refractivity contribution in [3.05, 3.63) is 83.7 Å². The van der Waals surface area contributed by atoms with Crippen LogP contribution in [0.4, 0.5) is 11.6 Å². The number of benzene rings is 2. The zero-order chi connectivity index (χ0) is 19.1. The second-order valence-electron chi connectivity index (χ2n) is 6.35. The maximum Gasteiger partial charge on any atom is 0.254 e. The monoisotopic (exact) mass is 360 g/mol. The summed E-state index contributed by atoms with van der Waals surface area (Å²) in [5.41, 5.74) is 3.88. The van der Waals surface area contributed by atoms with Crippen LogP contribution in [0.5, 0.6) is 0 Å². The molecule has 5 heteroatoms. The van der Waals surface area contributed by atoms with Crippen molar-refractivity contribution in [2.24, 2.45) is 0 Å². The fourth-order valence-electron chi connectivity index (χ4n) is 2.88. The first-order valence-corrected chi connectivity index (χ1v) is 9.15. The Hall–Kier alpha value is -3.21. The Bertz CT molecular complexity index is 878. The molecule has 0 aliphatic rings. The molecule has 0 saturated carbocycles. The van der Waals surface area contributed by atoms with Gasteiger partial charge in [0, 0.05) is 31.2 Å². The van der Waals surface area contributed by atoms with E-state index in [1.54, 1.807) is 12.4 Å². The Kier molecular flexibility index (Phi) is 6.15. The number of nitrogens with zero attached hydrogens (tertiary/aromatic N) is 3. The van der Waals surface area contributed by atoms with Crippen molar-refractivity contribution in [3.8, 4) is 0 Å². The molecule has 2 aromatic carbocycles. The van der Waals surface area contributed by atoms with Gasteiger partial charge in [0.15, 0.2) is 0 Å². The fourth-order valence-corrected chi connectivity index (χ4v) is 2.88. The van der Waals surface area contributed by atoms with E-state index < -0.39 is 0 Å². The molecule has 0 aliphatic carbocycles. The van der Waals surface area contributed by atoms with Gasteiger partial charge in [-0.15, -0.1) is 0 Å². The topological polar surface area (TPSA) is 58.1 Å². The molecule has 1 heterocycles. The molecule has 0 bridgehead atoms. The quantitative estimate of drug-likeness (QED) is 0.694. The van der Waals surface area contributed by atoms with E-state index in [9.17, 15) is 4.79 Å². The Morgan fingerprint density at radius 3 is 2.44 bits per heavy atom. The summed E-state index contributed by atoms with van der Waals surface area (Å²) in [5, 5.41) is 2.92. The predicted molar refractivity (Wildman–Crippen MR) is 108 cm³/mol. The minimum atomic E-state index is -0.156. The summed E-state index contributed by atoms with van der Waals surface area (Å²) in [6, 6.07) is 18.3. The molecule has 1 N–H and O–H groups in total. The van der Waals surface area contributed by atoms with Gasteiger partial charge >= 0.3 is 0 Å². The Labute approximate surface area is 160 Å². The largest absolute Gasteiger partial charge is 0.352 e. The van der Waals surface area contributed by atoms with E-state index in [1.807, 2.05) is 35.2 Å². The summed E-state index contributed by atoms with van der Waals surface area (Å²) in [7, 11) is 0. The van der Waals surface area contributed by atoms with Crippen molar-refractivity contribution >= 4 is 17.5 Å². The highest BCUT2D eigenvalue weighted by Crippen LogP contribution is 2.22. The molecule has 0 spiro atoms. The number of amides is 1. The van der Waals surface area contributed by atoms with Crippen LogP contribution in [0.3, 0.4) is 0 Å². The second kappa shape index (κ2) is 8.94. The number of hydrogen-bond acceptors (Lipinski definition) is 4. The number of carbonyl (C=O) groups excluding carboxylic acids is 1. The minimum absolute atomic E-state index is 0.156. The van der Waals surface area contributed by atoms with Gasteiger partial charge < -0.3 is 10.2 Å². The first kappa shape index (κ1) is 18.6. The number of hydrogen-bond donors (Lipinski definition) is 1. The van der Waals surface area contributed by atoms with Crippen molar-refractivity contribution < 1.29 is 4.79 Å². The highest BCUT2D eigenvalue weighted by Gasteiger charge is 2.12. The number of aryl methyl sites for hydroxylation is 1. The van der Waals surface area contributed by atoms with Gasteiger partial charge in [-0.2, -0.15) is 0 Å². The third kappa shape index (κ3) is 4.91. The number of anilines is 2. The van der Waals surface area contributed by atoms with Crippen molar-refractivity contribution in [3.63, 3.8) is 0 Å². The molecule has 138 valence electrons. The van der Waals surface area contributed by atoms with Gasteiger partial charge in [0.05, 0.1) is 5.56 Å². The average molecular weight is 360 g/mol. The number of rotatable bonds is 7. The molecule has 3 aromatic rings. The molecular weight excluding hydrogens is 336 g/mol. The molecule has 1 amide bonds. The second-order valence-corrected chi connectivity index (χ2v) is 6.35. The van der Waals surface area contributed by atoms with E-state index in [-0.39, 0.29) is 5.91 Å². The zero-order valence-corrected chi connectivity index (χ0v) is 15.7. The van der Waals surface area contributed by atoms with E-state index in [2.05, 4.69) is 53.4 Å². The van der Waals surface area contributed by atoms with Crippen LogP contribution < -0.4 is 10.2 Å². The van der Waals surface area contributed by atoms with Gasteiger partial charge in [0.25, 0.3) is 5.91 Å². The summed E-state index contributed by atoms with van der Waals surface area (Å²) < 4.78 is 0. The predicted octanol–water partition coefficient (Wildman–Crippen LogP) is 3.92. The van der Waals surface area contributed by atoms with Crippen LogP contribution in [-0.2, 0) is 6.42 Å². The molecule has 3 rings (SSSR count). The summed E-state index contributed by atoms with van der Waals surface area (Å²) >= 11 is 0. The van der Waals surface area contributed by atoms with Gasteiger partial charge in [-0.3, -0.25) is 4.79 Å². The molecular formula is C22H24N4O. The third-order valence-electron chi connectivity index (χ3n) is 4.31. The molecule has 27 heavy (non-hydrogen) atoms. The van der Waals surface area contributed by atoms with E-state index in [4.69, 9.17) is 0 Å². The van der Waals surface area contributed by atoms with Crippen LogP contribution >= 0.6 is 0 Å². The van der Waals surface area contributed by atoms with Gasteiger partial charge in [-0.05, 0) is 43.5 Å². The van der Waals surface area contributed by atoms with Crippen LogP contribution in [0.25, 0.3) is 0 Å². The fraction of sp³-hybridized carbons (Fsp3) is 0.227. The molecule has 0 atom stereocenters. The SMILES string of the molecule is CCN(c1cccc(C)c1)c1ncc(C(=O)NCCc2ccccc2)cn1. The zero-order valence-electron chi connectivity index (χ0n) is 15.7. The Morgan fingerprint density at radius 1 is 1.04 bits per heavy atom. The molecule has 0 saturated heterocycles. The summed E-state index contributed by atoms with van der Waals surface area (Å²) in [5.74, 6) is 0.431. The lowest BCUT2D eigenvalue weighted by atomic mass is 10.1. The standard InChI is InChI=1S/C22H24N4O/c1-3-26(20-11-7-8-17(2)14-20)22-24-15-19(16-25-22)21(27)23-13-12-18-9-5-4-6-10-18/h4-11,14-16H,3,12-13H2,1-2H3,(H,23,27). The highest BCUT2D eigenvalue weighted by molar-refractivity contribution is 5.93. The smallest absolute Gasteiger partial charge is 0.254 e. The third-order valence-corrected chi connectivity index (χ3v) is 4.31. The van der Waals surface area contributed by atoms with Crippen LogP contribution in [0.1, 0.15) is 28.4 Å². The van der Waals surface area contributed by atoms with E-state index in [0.717, 1.165) is 18.7 Å². The molecule has 0 radical (unpaired) electrons. The lowest BCUT2D eigenvalue weighted by Gasteiger charge is -2.21. The van der Waals surface area contributed by atoms with Crippen molar-refractivity contribution in [2.75, 3.05) is 18.0 Å².